The van der Waals surface area contributed by atoms with E-state index < -0.39 is 0 Å². The Morgan fingerprint density at radius 2 is 2.27 bits per heavy atom. The largest absolute Gasteiger partial charge is 0.361 e. The van der Waals surface area contributed by atoms with E-state index in [-0.39, 0.29) is 0 Å². The molecule has 0 unspecified atom stereocenters. The second kappa shape index (κ2) is 8.13. The number of fused-ring (bicyclic) bond motifs is 1. The maximum absolute atomic E-state index is 9.09. The van der Waals surface area contributed by atoms with Crippen LogP contribution in [-0.4, -0.2) is 35.3 Å². The minimum atomic E-state index is 0.727. The SMILES string of the molecule is N#Cc1ccc2[nH]cc(CSCCN3CC=C(c4cccs4)CC3)c2c1. The van der Waals surface area contributed by atoms with Crippen LogP contribution in [0.5, 0.6) is 0 Å². The first-order valence-corrected chi connectivity index (χ1v) is 10.9. The van der Waals surface area contributed by atoms with Crippen LogP contribution in [0.4, 0.5) is 0 Å². The number of H-pyrrole nitrogens is 1. The summed E-state index contributed by atoms with van der Waals surface area (Å²) in [7, 11) is 0. The Morgan fingerprint density at radius 1 is 1.31 bits per heavy atom. The average molecular weight is 380 g/mol. The van der Waals surface area contributed by atoms with Gasteiger partial charge >= 0.3 is 0 Å². The van der Waals surface area contributed by atoms with Crippen molar-refractivity contribution in [1.29, 1.82) is 5.26 Å². The second-order valence-corrected chi connectivity index (χ2v) is 8.55. The van der Waals surface area contributed by atoms with Gasteiger partial charge in [0.15, 0.2) is 0 Å². The summed E-state index contributed by atoms with van der Waals surface area (Å²) < 4.78 is 0. The molecule has 3 heterocycles. The predicted octanol–water partition coefficient (Wildman–Crippen LogP) is 5.12. The van der Waals surface area contributed by atoms with Gasteiger partial charge < -0.3 is 4.98 Å². The van der Waals surface area contributed by atoms with Crippen LogP contribution in [0, 0.1) is 11.3 Å². The number of benzene rings is 1. The number of nitrogens with one attached hydrogen (secondary N) is 1. The number of aromatic amines is 1. The van der Waals surface area contributed by atoms with E-state index in [1.165, 1.54) is 21.4 Å². The molecule has 3 aromatic rings. The van der Waals surface area contributed by atoms with E-state index in [1.807, 2.05) is 41.3 Å². The van der Waals surface area contributed by atoms with E-state index in [2.05, 4.69) is 45.7 Å². The summed E-state index contributed by atoms with van der Waals surface area (Å²) in [5.74, 6) is 2.12. The molecule has 0 radical (unpaired) electrons. The summed E-state index contributed by atoms with van der Waals surface area (Å²) in [4.78, 5) is 7.27. The van der Waals surface area contributed by atoms with Crippen LogP contribution in [0.25, 0.3) is 16.5 Å². The molecule has 26 heavy (non-hydrogen) atoms. The van der Waals surface area contributed by atoms with Crippen molar-refractivity contribution >= 4 is 39.6 Å². The quantitative estimate of drug-likeness (QED) is 0.604. The van der Waals surface area contributed by atoms with Gasteiger partial charge in [-0.1, -0.05) is 12.1 Å². The van der Waals surface area contributed by atoms with Gasteiger partial charge in [-0.2, -0.15) is 17.0 Å². The van der Waals surface area contributed by atoms with Crippen LogP contribution in [0.2, 0.25) is 0 Å². The molecule has 2 aromatic heterocycles. The summed E-state index contributed by atoms with van der Waals surface area (Å²) in [6.07, 6.45) is 5.63. The van der Waals surface area contributed by atoms with Crippen molar-refractivity contribution in [2.45, 2.75) is 12.2 Å². The number of hydrogen-bond donors (Lipinski definition) is 1. The Hall–Kier alpha value is -2.00. The maximum atomic E-state index is 9.09. The lowest BCUT2D eigenvalue weighted by Gasteiger charge is -2.25. The van der Waals surface area contributed by atoms with Crippen LogP contribution in [-0.2, 0) is 5.75 Å². The van der Waals surface area contributed by atoms with Gasteiger partial charge in [0.1, 0.15) is 0 Å². The van der Waals surface area contributed by atoms with Crippen molar-refractivity contribution < 1.29 is 0 Å². The lowest BCUT2D eigenvalue weighted by atomic mass is 10.1. The Labute approximate surface area is 162 Å². The Morgan fingerprint density at radius 3 is 3.04 bits per heavy atom. The first-order chi connectivity index (χ1) is 12.8. The van der Waals surface area contributed by atoms with Crippen molar-refractivity contribution in [2.75, 3.05) is 25.4 Å². The standard InChI is InChI=1S/C21H21N3S2/c22-13-16-3-4-20-19(12-16)18(14-23-20)15-25-11-9-24-7-5-17(6-8-24)21-2-1-10-26-21/h1-5,10,12,14,23H,6-9,11,15H2. The third kappa shape index (κ3) is 3.88. The minimum absolute atomic E-state index is 0.727. The minimum Gasteiger partial charge on any atom is -0.361 e. The Bertz CT molecular complexity index is 947. The third-order valence-electron chi connectivity index (χ3n) is 4.84. The van der Waals surface area contributed by atoms with Crippen molar-refractivity contribution in [2.24, 2.45) is 0 Å². The van der Waals surface area contributed by atoms with E-state index >= 15 is 0 Å². The highest BCUT2D eigenvalue weighted by molar-refractivity contribution is 7.98. The number of nitriles is 1. The predicted molar refractivity (Wildman–Crippen MR) is 113 cm³/mol. The fraction of sp³-hybridized carbons (Fsp3) is 0.286. The van der Waals surface area contributed by atoms with Gasteiger partial charge in [0.2, 0.25) is 0 Å². The lowest BCUT2D eigenvalue weighted by Crippen LogP contribution is -2.30. The molecule has 0 fully saturated rings. The maximum Gasteiger partial charge on any atom is 0.0991 e. The fourth-order valence-electron chi connectivity index (χ4n) is 3.34. The van der Waals surface area contributed by atoms with Gasteiger partial charge in [0.25, 0.3) is 0 Å². The highest BCUT2D eigenvalue weighted by Gasteiger charge is 2.13. The zero-order valence-corrected chi connectivity index (χ0v) is 16.2. The molecule has 0 saturated carbocycles. The molecular formula is C21H21N3S2. The van der Waals surface area contributed by atoms with E-state index in [9.17, 15) is 0 Å². The number of rotatable bonds is 6. The molecule has 0 atom stereocenters. The molecule has 0 spiro atoms. The van der Waals surface area contributed by atoms with Gasteiger partial charge in [-0.25, -0.2) is 0 Å². The highest BCUT2D eigenvalue weighted by Crippen LogP contribution is 2.27. The lowest BCUT2D eigenvalue weighted by molar-refractivity contribution is 0.321. The van der Waals surface area contributed by atoms with Crippen LogP contribution in [0.3, 0.4) is 0 Å². The van der Waals surface area contributed by atoms with Crippen LogP contribution in [0.15, 0.2) is 48.0 Å². The van der Waals surface area contributed by atoms with Crippen LogP contribution in [0.1, 0.15) is 22.4 Å². The van der Waals surface area contributed by atoms with Crippen molar-refractivity contribution in [1.82, 2.24) is 9.88 Å². The van der Waals surface area contributed by atoms with Gasteiger partial charge in [-0.3, -0.25) is 4.90 Å². The molecule has 1 aliphatic rings. The normalized spacial score (nSPS) is 15.1. The molecule has 0 saturated heterocycles. The Balaban J connectivity index is 1.27. The second-order valence-electron chi connectivity index (χ2n) is 6.50. The molecule has 1 aromatic carbocycles. The molecule has 132 valence electrons. The van der Waals surface area contributed by atoms with Crippen LogP contribution >= 0.6 is 23.1 Å². The molecule has 1 aliphatic heterocycles. The molecule has 0 bridgehead atoms. The van der Waals surface area contributed by atoms with Crippen molar-refractivity contribution in [3.8, 4) is 6.07 Å². The van der Waals surface area contributed by atoms with Crippen molar-refractivity contribution in [3.05, 3.63) is 64.0 Å². The van der Waals surface area contributed by atoms with E-state index in [0.29, 0.717) is 0 Å². The zero-order valence-electron chi connectivity index (χ0n) is 14.6. The zero-order chi connectivity index (χ0) is 17.8. The topological polar surface area (TPSA) is 42.8 Å². The summed E-state index contributed by atoms with van der Waals surface area (Å²) in [6, 6.07) is 12.4. The molecule has 5 heteroatoms. The molecule has 0 amide bonds. The molecule has 0 aliphatic carbocycles. The first kappa shape index (κ1) is 17.4. The molecular weight excluding hydrogens is 358 g/mol. The summed E-state index contributed by atoms with van der Waals surface area (Å²) in [6.45, 7) is 3.35. The highest BCUT2D eigenvalue weighted by atomic mass is 32.2. The van der Waals surface area contributed by atoms with Gasteiger partial charge in [-0.15, -0.1) is 11.3 Å². The van der Waals surface area contributed by atoms with Crippen LogP contribution < -0.4 is 0 Å². The molecule has 4 rings (SSSR count). The molecule has 3 nitrogen and oxygen atoms in total. The number of thiophene rings is 1. The first-order valence-electron chi connectivity index (χ1n) is 8.86. The number of thioether (sulfide) groups is 1. The monoisotopic (exact) mass is 379 g/mol. The third-order valence-corrected chi connectivity index (χ3v) is 6.77. The number of hydrogen-bond acceptors (Lipinski definition) is 4. The fourth-order valence-corrected chi connectivity index (χ4v) is 5.13. The molecule has 1 N–H and O–H groups in total. The van der Waals surface area contributed by atoms with Gasteiger partial charge in [0.05, 0.1) is 11.6 Å². The smallest absolute Gasteiger partial charge is 0.0991 e. The Kier molecular flexibility index (Phi) is 5.45. The summed E-state index contributed by atoms with van der Waals surface area (Å²) in [5.41, 5.74) is 4.64. The average Bonchev–Trinajstić information content (AvgIpc) is 3.35. The van der Waals surface area contributed by atoms with Crippen molar-refractivity contribution in [3.63, 3.8) is 0 Å². The number of aromatic nitrogens is 1. The summed E-state index contributed by atoms with van der Waals surface area (Å²) in [5, 5.41) is 12.4. The van der Waals surface area contributed by atoms with Gasteiger partial charge in [-0.05, 0) is 47.2 Å². The number of nitrogens with zero attached hydrogens (tertiary/aromatic N) is 2. The van der Waals surface area contributed by atoms with E-state index in [1.54, 1.807) is 0 Å². The van der Waals surface area contributed by atoms with E-state index in [4.69, 9.17) is 5.26 Å². The summed E-state index contributed by atoms with van der Waals surface area (Å²) >= 11 is 3.81. The van der Waals surface area contributed by atoms with E-state index in [0.717, 1.165) is 48.6 Å². The van der Waals surface area contributed by atoms with Gasteiger partial charge in [0, 0.05) is 53.1 Å².